The molecular weight excluding hydrogens is 239 g/mol. The molecule has 1 radical (unpaired) electrons. The van der Waals surface area contributed by atoms with Gasteiger partial charge in [-0.15, -0.1) is 0 Å². The molecule has 0 saturated carbocycles. The van der Waals surface area contributed by atoms with Gasteiger partial charge in [0.05, 0.1) is 0 Å². The summed E-state index contributed by atoms with van der Waals surface area (Å²) in [5, 5.41) is 0. The summed E-state index contributed by atoms with van der Waals surface area (Å²) in [6.45, 7) is 0. The first-order valence-corrected chi connectivity index (χ1v) is 0. The monoisotopic (exact) mass is 239 g/mol. The van der Waals surface area contributed by atoms with Crippen molar-refractivity contribution in [2.24, 2.45) is 0 Å². The van der Waals surface area contributed by atoms with Gasteiger partial charge in [-0.1, -0.05) is 0 Å². The van der Waals surface area contributed by atoms with Crippen molar-refractivity contribution in [1.29, 1.82) is 0 Å². The first-order valence-electron chi connectivity index (χ1n) is 0. The van der Waals surface area contributed by atoms with E-state index in [0.29, 0.717) is 0 Å². The maximum absolute atomic E-state index is 0. The average molecular weight is 239 g/mol. The molecule has 0 aromatic heterocycles. The van der Waals surface area contributed by atoms with E-state index in [1.807, 2.05) is 0 Å². The van der Waals surface area contributed by atoms with Crippen LogP contribution in [0.3, 0.4) is 0 Å². The Hall–Kier alpha value is 1.61. The van der Waals surface area contributed by atoms with Crippen LogP contribution in [0.25, 0.3) is 0 Å². The molecule has 0 saturated heterocycles. The minimum Gasteiger partial charge on any atom is -2.00 e. The average Bonchev–Trinajstić information content (AvgIpc) is 0. The van der Waals surface area contributed by atoms with E-state index in [0.717, 1.165) is 0 Å². The third-order valence-corrected chi connectivity index (χ3v) is 0. The molecule has 0 unspecified atom stereocenters. The molecule has 0 aliphatic carbocycles. The zero-order valence-electron chi connectivity index (χ0n) is 2.21. The summed E-state index contributed by atoms with van der Waals surface area (Å²) in [6, 6.07) is 0. The van der Waals surface area contributed by atoms with Crippen molar-refractivity contribution in [2.45, 2.75) is 0 Å². The molecule has 5 heteroatoms. The molecule has 0 bridgehead atoms. The van der Waals surface area contributed by atoms with Gasteiger partial charge < -0.3 is 16.4 Å². The molecule has 0 amide bonds. The van der Waals surface area contributed by atoms with E-state index in [2.05, 4.69) is 0 Å². The predicted molar refractivity (Wildman–Crippen MR) is 2.06 cm³/mol. The summed E-state index contributed by atoms with van der Waals surface area (Å²) < 4.78 is 0. The van der Waals surface area contributed by atoms with Crippen LogP contribution in [0.2, 0.25) is 0 Å². The fraction of sp³-hybridized carbons (Fsp3) is 0. The summed E-state index contributed by atoms with van der Waals surface area (Å²) in [7, 11) is 0. The van der Waals surface area contributed by atoms with Gasteiger partial charge in [-0.3, -0.25) is 0 Å². The zero-order chi connectivity index (χ0) is 0. The van der Waals surface area contributed by atoms with Gasteiger partial charge in [0.25, 0.3) is 0 Å². The Labute approximate surface area is 68.8 Å². The van der Waals surface area contributed by atoms with Crippen LogP contribution in [0.4, 0.5) is 0 Å². The van der Waals surface area contributed by atoms with Crippen molar-refractivity contribution in [3.05, 3.63) is 0 Å². The van der Waals surface area contributed by atoms with Crippen molar-refractivity contribution in [3.63, 3.8) is 0 Å². The molecule has 0 atom stereocenters. The molecule has 27 valence electrons. The molecule has 0 aromatic rings. The number of rotatable bonds is 0. The molecule has 0 spiro atoms. The third kappa shape index (κ3) is 28.2. The normalized spacial score (nSPS) is 0. The fourth-order valence-corrected chi connectivity index (χ4v) is 0. The van der Waals surface area contributed by atoms with E-state index < -0.39 is 0 Å². The predicted octanol–water partition coefficient (Wildman–Crippen LogP) is -0.359. The molecule has 0 fully saturated rings. The quantitative estimate of drug-likeness (QED) is 0.552. The smallest absolute Gasteiger partial charge is 2.00 e. The van der Waals surface area contributed by atoms with Gasteiger partial charge in [0.15, 0.2) is 0 Å². The Balaban J connectivity index is 0. The Morgan fingerprint density at radius 3 is 0.600 bits per heavy atom. The Morgan fingerprint density at radius 2 is 0.600 bits per heavy atom. The second-order valence-electron chi connectivity index (χ2n) is 0. The van der Waals surface area contributed by atoms with Gasteiger partial charge in [0.1, 0.15) is 0 Å². The van der Waals surface area contributed by atoms with E-state index in [1.54, 1.807) is 0 Å². The van der Waals surface area contributed by atoms with Crippen LogP contribution in [-0.2, 0) is 33.8 Å². The minimum atomic E-state index is 0. The first-order chi connectivity index (χ1) is 0. The standard InChI is InChI=1S/Cr.La.3O/q2*+3;3*-2. The summed E-state index contributed by atoms with van der Waals surface area (Å²) >= 11 is 0. The maximum atomic E-state index is 0. The first kappa shape index (κ1) is 80.4. The minimum absolute atomic E-state index is 0. The van der Waals surface area contributed by atoms with Crippen LogP contribution in [0, 0.1) is 35.6 Å². The van der Waals surface area contributed by atoms with Gasteiger partial charge in [0, 0.05) is 0 Å². The topological polar surface area (TPSA) is 85.5 Å². The molecule has 0 N–H and O–H groups in total. The van der Waals surface area contributed by atoms with Crippen LogP contribution >= 0.6 is 0 Å². The molecule has 0 rings (SSSR count). The van der Waals surface area contributed by atoms with E-state index >= 15 is 0 Å². The fourth-order valence-electron chi connectivity index (χ4n) is 0. The van der Waals surface area contributed by atoms with Crippen molar-refractivity contribution in [1.82, 2.24) is 0 Å². The van der Waals surface area contributed by atoms with Crippen molar-refractivity contribution >= 4 is 0 Å². The molecule has 0 aliphatic rings. The number of hydrogen-bond acceptors (Lipinski definition) is 0. The second kappa shape index (κ2) is 46.1. The van der Waals surface area contributed by atoms with Crippen LogP contribution in [0.1, 0.15) is 0 Å². The number of hydrogen-bond donors (Lipinski definition) is 0. The summed E-state index contributed by atoms with van der Waals surface area (Å²) in [6.07, 6.45) is 0. The third-order valence-electron chi connectivity index (χ3n) is 0. The summed E-state index contributed by atoms with van der Waals surface area (Å²) in [4.78, 5) is 0. The van der Waals surface area contributed by atoms with E-state index in [4.69, 9.17) is 0 Å². The molecule has 0 aliphatic heterocycles. The van der Waals surface area contributed by atoms with Gasteiger partial charge in [-0.05, 0) is 0 Å². The van der Waals surface area contributed by atoms with Crippen LogP contribution in [0.5, 0.6) is 0 Å². The summed E-state index contributed by atoms with van der Waals surface area (Å²) in [5.74, 6) is 0. The van der Waals surface area contributed by atoms with E-state index in [-0.39, 0.29) is 69.4 Å². The molecular formula is CrLaO3. The van der Waals surface area contributed by atoms with E-state index in [1.165, 1.54) is 0 Å². The Morgan fingerprint density at radius 1 is 0.600 bits per heavy atom. The van der Waals surface area contributed by atoms with Crippen LogP contribution in [-0.4, -0.2) is 0 Å². The molecule has 5 heavy (non-hydrogen) atoms. The van der Waals surface area contributed by atoms with Gasteiger partial charge >= 0.3 is 53.0 Å². The van der Waals surface area contributed by atoms with Gasteiger partial charge in [-0.25, -0.2) is 0 Å². The van der Waals surface area contributed by atoms with Crippen LogP contribution < -0.4 is 0 Å². The van der Waals surface area contributed by atoms with Gasteiger partial charge in [-0.2, -0.15) is 0 Å². The Kier molecular flexibility index (Phi) is 741. The largest absolute Gasteiger partial charge is 3.00 e. The second-order valence-corrected chi connectivity index (χ2v) is 0. The molecule has 0 aromatic carbocycles. The molecule has 3 nitrogen and oxygen atoms in total. The maximum Gasteiger partial charge on any atom is 3.00 e. The van der Waals surface area contributed by atoms with Crippen molar-refractivity contribution in [3.8, 4) is 0 Å². The zero-order valence-corrected chi connectivity index (χ0v) is 7.11. The van der Waals surface area contributed by atoms with Crippen LogP contribution in [0.15, 0.2) is 0 Å². The Bertz CT molecular complexity index is 6.85. The SMILES string of the molecule is [Cr+3].[La+3].[O-2].[O-2].[O-2]. The van der Waals surface area contributed by atoms with E-state index in [9.17, 15) is 0 Å². The molecule has 0 heterocycles. The van der Waals surface area contributed by atoms with Crippen molar-refractivity contribution < 1.29 is 69.4 Å². The van der Waals surface area contributed by atoms with Gasteiger partial charge in [0.2, 0.25) is 0 Å². The van der Waals surface area contributed by atoms with Crippen molar-refractivity contribution in [2.75, 3.05) is 0 Å². The summed E-state index contributed by atoms with van der Waals surface area (Å²) in [5.41, 5.74) is 0.